The third-order valence-corrected chi connectivity index (χ3v) is 0.969. The van der Waals surface area contributed by atoms with E-state index in [0.29, 0.717) is 13.2 Å². The molecular formula is C6H7O3. The number of hydrogen-bond donors (Lipinski definition) is 0. The van der Waals surface area contributed by atoms with Crippen molar-refractivity contribution in [2.24, 2.45) is 0 Å². The van der Waals surface area contributed by atoms with Gasteiger partial charge in [-0.1, -0.05) is 0 Å². The smallest absolute Gasteiger partial charge is 0.225 e. The molecule has 1 saturated heterocycles. The highest BCUT2D eigenvalue weighted by molar-refractivity contribution is 5.65. The van der Waals surface area contributed by atoms with Gasteiger partial charge < -0.3 is 9.47 Å². The van der Waals surface area contributed by atoms with E-state index in [0.717, 1.165) is 0 Å². The first-order valence-corrected chi connectivity index (χ1v) is 2.71. The summed E-state index contributed by atoms with van der Waals surface area (Å²) in [7, 11) is 0. The largest absolute Gasteiger partial charge is 0.347 e. The second-order valence-corrected chi connectivity index (χ2v) is 1.59. The average Bonchev–Trinajstić information content (AvgIpc) is 2.34. The van der Waals surface area contributed by atoms with Crippen molar-refractivity contribution in [3.05, 3.63) is 12.2 Å². The molecule has 0 aromatic heterocycles. The summed E-state index contributed by atoms with van der Waals surface area (Å²) in [5, 5.41) is 0. The van der Waals surface area contributed by atoms with Gasteiger partial charge in [-0.05, 0) is 12.2 Å². The molecule has 0 atom stereocenters. The number of carbonyl (C=O) groups excluding carboxylic acids is 1. The topological polar surface area (TPSA) is 35.5 Å². The van der Waals surface area contributed by atoms with E-state index in [9.17, 15) is 4.79 Å². The van der Waals surface area contributed by atoms with Crippen molar-refractivity contribution in [1.29, 1.82) is 0 Å². The molecule has 0 saturated carbocycles. The standard InChI is InChI=1S/C6H7O3/c7-3-1-2-6-8-4-5-9-6/h1-2,6H,4-5H2. The molecule has 0 aromatic rings. The van der Waals surface area contributed by atoms with Gasteiger partial charge in [-0.3, -0.25) is 4.79 Å². The molecule has 0 bridgehead atoms. The van der Waals surface area contributed by atoms with E-state index in [1.807, 2.05) is 0 Å². The molecule has 0 unspecified atom stereocenters. The van der Waals surface area contributed by atoms with Crippen molar-refractivity contribution < 1.29 is 14.3 Å². The average molecular weight is 127 g/mol. The lowest BCUT2D eigenvalue weighted by molar-refractivity contribution is -0.00147. The number of ether oxygens (including phenoxy) is 2. The molecule has 0 aliphatic carbocycles. The molecule has 3 nitrogen and oxygen atoms in total. The van der Waals surface area contributed by atoms with Gasteiger partial charge in [-0.2, -0.15) is 0 Å². The summed E-state index contributed by atoms with van der Waals surface area (Å²) >= 11 is 0. The van der Waals surface area contributed by atoms with E-state index >= 15 is 0 Å². The summed E-state index contributed by atoms with van der Waals surface area (Å²) < 4.78 is 9.93. The normalized spacial score (nSPS) is 21.3. The predicted octanol–water partition coefficient (Wildman–Crippen LogP) is 0.0252. The quantitative estimate of drug-likeness (QED) is 0.491. The Bertz CT molecular complexity index is 113. The zero-order valence-corrected chi connectivity index (χ0v) is 4.87. The summed E-state index contributed by atoms with van der Waals surface area (Å²) in [4.78, 5) is 9.64. The molecule has 0 N–H and O–H groups in total. The van der Waals surface area contributed by atoms with Crippen LogP contribution in [0.15, 0.2) is 12.2 Å². The highest BCUT2D eigenvalue weighted by Crippen LogP contribution is 2.03. The zero-order valence-electron chi connectivity index (χ0n) is 4.87. The van der Waals surface area contributed by atoms with Gasteiger partial charge in [0.1, 0.15) is 0 Å². The molecule has 1 aliphatic heterocycles. The highest BCUT2D eigenvalue weighted by atomic mass is 16.7. The minimum atomic E-state index is -0.327. The van der Waals surface area contributed by atoms with Crippen LogP contribution in [0.4, 0.5) is 0 Å². The fraction of sp³-hybridized carbons (Fsp3) is 0.500. The van der Waals surface area contributed by atoms with Crippen LogP contribution < -0.4 is 0 Å². The van der Waals surface area contributed by atoms with Gasteiger partial charge in [0.2, 0.25) is 6.29 Å². The van der Waals surface area contributed by atoms with Crippen LogP contribution in [0.1, 0.15) is 0 Å². The fourth-order valence-electron chi connectivity index (χ4n) is 0.606. The van der Waals surface area contributed by atoms with E-state index in [1.54, 1.807) is 6.29 Å². The number of allylic oxidation sites excluding steroid dienone is 1. The summed E-state index contributed by atoms with van der Waals surface area (Å²) in [6.07, 6.45) is 4.05. The first-order chi connectivity index (χ1) is 4.43. The minimum absolute atomic E-state index is 0.327. The Morgan fingerprint density at radius 2 is 2.11 bits per heavy atom. The van der Waals surface area contributed by atoms with Crippen molar-refractivity contribution in [3.8, 4) is 0 Å². The van der Waals surface area contributed by atoms with Crippen LogP contribution in [0, 0.1) is 0 Å². The Kier molecular flexibility index (Phi) is 2.42. The molecule has 1 rings (SSSR count). The summed E-state index contributed by atoms with van der Waals surface area (Å²) in [5.74, 6) is 0. The van der Waals surface area contributed by atoms with Crippen LogP contribution in [0.5, 0.6) is 0 Å². The second-order valence-electron chi connectivity index (χ2n) is 1.59. The molecular weight excluding hydrogens is 120 g/mol. The van der Waals surface area contributed by atoms with Crippen molar-refractivity contribution in [2.75, 3.05) is 13.2 Å². The molecule has 1 radical (unpaired) electrons. The maximum absolute atomic E-state index is 9.64. The molecule has 49 valence electrons. The molecule has 9 heavy (non-hydrogen) atoms. The van der Waals surface area contributed by atoms with Crippen LogP contribution in [0.25, 0.3) is 0 Å². The van der Waals surface area contributed by atoms with Gasteiger partial charge in [0.25, 0.3) is 0 Å². The fourth-order valence-corrected chi connectivity index (χ4v) is 0.606. The highest BCUT2D eigenvalue weighted by Gasteiger charge is 2.10. The Morgan fingerprint density at radius 1 is 1.44 bits per heavy atom. The van der Waals surface area contributed by atoms with Crippen LogP contribution in [-0.4, -0.2) is 25.8 Å². The first kappa shape index (κ1) is 6.45. The molecule has 1 heterocycles. The van der Waals surface area contributed by atoms with Crippen molar-refractivity contribution in [2.45, 2.75) is 6.29 Å². The van der Waals surface area contributed by atoms with Crippen LogP contribution in [-0.2, 0) is 14.3 Å². The van der Waals surface area contributed by atoms with Crippen molar-refractivity contribution >= 4 is 6.29 Å². The lowest BCUT2D eigenvalue weighted by Crippen LogP contribution is -2.01. The van der Waals surface area contributed by atoms with Crippen molar-refractivity contribution in [3.63, 3.8) is 0 Å². The van der Waals surface area contributed by atoms with E-state index < -0.39 is 0 Å². The van der Waals surface area contributed by atoms with E-state index in [1.165, 1.54) is 12.2 Å². The zero-order chi connectivity index (χ0) is 6.53. The Morgan fingerprint density at radius 3 is 2.67 bits per heavy atom. The van der Waals surface area contributed by atoms with E-state index in [-0.39, 0.29) is 6.29 Å². The minimum Gasteiger partial charge on any atom is -0.347 e. The third kappa shape index (κ3) is 1.95. The van der Waals surface area contributed by atoms with Crippen molar-refractivity contribution in [1.82, 2.24) is 0 Å². The monoisotopic (exact) mass is 127 g/mol. The number of rotatable bonds is 2. The van der Waals surface area contributed by atoms with Gasteiger partial charge in [-0.25, -0.2) is 0 Å². The van der Waals surface area contributed by atoms with E-state index in [4.69, 9.17) is 9.47 Å². The van der Waals surface area contributed by atoms with Gasteiger partial charge in [-0.15, -0.1) is 0 Å². The van der Waals surface area contributed by atoms with Crippen LogP contribution >= 0.6 is 0 Å². The third-order valence-electron chi connectivity index (χ3n) is 0.969. The summed E-state index contributed by atoms with van der Waals surface area (Å²) in [5.41, 5.74) is 0. The van der Waals surface area contributed by atoms with E-state index in [2.05, 4.69) is 0 Å². The van der Waals surface area contributed by atoms with Crippen LogP contribution in [0.2, 0.25) is 0 Å². The molecule has 0 spiro atoms. The van der Waals surface area contributed by atoms with Crippen LogP contribution in [0.3, 0.4) is 0 Å². The molecule has 0 aromatic carbocycles. The molecule has 3 heteroatoms. The lowest BCUT2D eigenvalue weighted by Gasteiger charge is -1.98. The Labute approximate surface area is 53.3 Å². The Hall–Kier alpha value is -0.670. The molecule has 1 aliphatic rings. The SMILES string of the molecule is O=[C]C=CC1OCCO1. The number of hydrogen-bond acceptors (Lipinski definition) is 3. The predicted molar refractivity (Wildman–Crippen MR) is 30.5 cm³/mol. The maximum atomic E-state index is 9.64. The summed E-state index contributed by atoms with van der Waals surface area (Å²) in [6.45, 7) is 1.21. The summed E-state index contributed by atoms with van der Waals surface area (Å²) in [6, 6.07) is 0. The van der Waals surface area contributed by atoms with Gasteiger partial charge in [0.15, 0.2) is 6.29 Å². The van der Waals surface area contributed by atoms with Gasteiger partial charge >= 0.3 is 0 Å². The molecule has 1 fully saturated rings. The van der Waals surface area contributed by atoms with Gasteiger partial charge in [0.05, 0.1) is 13.2 Å². The Balaban J connectivity index is 2.25. The lowest BCUT2D eigenvalue weighted by atomic mass is 10.5. The maximum Gasteiger partial charge on any atom is 0.225 e. The molecule has 0 amide bonds. The van der Waals surface area contributed by atoms with Gasteiger partial charge in [0, 0.05) is 0 Å². The second kappa shape index (κ2) is 3.37. The first-order valence-electron chi connectivity index (χ1n) is 2.71.